The third-order valence-corrected chi connectivity index (χ3v) is 1.56. The highest BCUT2D eigenvalue weighted by atomic mass is 16.3. The molecular formula is C6H9N5O. The van der Waals surface area contributed by atoms with E-state index in [9.17, 15) is 0 Å². The molecule has 0 fully saturated rings. The molecule has 0 bridgehead atoms. The van der Waals surface area contributed by atoms with Crippen LogP contribution >= 0.6 is 0 Å². The molecule has 1 aromatic heterocycles. The molecule has 1 N–H and O–H groups in total. The number of azide groups is 1. The first-order chi connectivity index (χ1) is 5.79. The van der Waals surface area contributed by atoms with E-state index in [0.717, 1.165) is 0 Å². The summed E-state index contributed by atoms with van der Waals surface area (Å²) in [6.07, 6.45) is 3.15. The average Bonchev–Trinajstić information content (AvgIpc) is 2.47. The second-order valence-corrected chi connectivity index (χ2v) is 2.33. The van der Waals surface area contributed by atoms with Gasteiger partial charge in [-0.1, -0.05) is 5.11 Å². The number of imidazole rings is 1. The summed E-state index contributed by atoms with van der Waals surface area (Å²) in [5.41, 5.74) is 8.88. The molecule has 1 heterocycles. The van der Waals surface area contributed by atoms with E-state index in [4.69, 9.17) is 10.6 Å². The van der Waals surface area contributed by atoms with Crippen molar-refractivity contribution >= 4 is 0 Å². The molecule has 12 heavy (non-hydrogen) atoms. The molecule has 0 saturated heterocycles. The van der Waals surface area contributed by atoms with Gasteiger partial charge in [-0.2, -0.15) is 0 Å². The van der Waals surface area contributed by atoms with Crippen molar-refractivity contribution in [2.45, 2.75) is 6.04 Å². The summed E-state index contributed by atoms with van der Waals surface area (Å²) in [4.78, 5) is 6.47. The first-order valence-electron chi connectivity index (χ1n) is 3.41. The molecule has 1 unspecified atom stereocenters. The number of rotatable bonds is 3. The van der Waals surface area contributed by atoms with Crippen molar-refractivity contribution in [1.29, 1.82) is 0 Å². The van der Waals surface area contributed by atoms with E-state index in [1.165, 1.54) is 0 Å². The third-order valence-electron chi connectivity index (χ3n) is 1.56. The maximum Gasteiger partial charge on any atom is 0.102 e. The third kappa shape index (κ3) is 1.55. The van der Waals surface area contributed by atoms with Crippen LogP contribution < -0.4 is 0 Å². The molecule has 6 nitrogen and oxygen atoms in total. The van der Waals surface area contributed by atoms with Crippen LogP contribution in [0.5, 0.6) is 0 Å². The molecule has 0 saturated carbocycles. The molecule has 0 aliphatic carbocycles. The highest BCUT2D eigenvalue weighted by Crippen LogP contribution is 2.14. The zero-order valence-electron chi connectivity index (χ0n) is 6.62. The lowest BCUT2D eigenvalue weighted by molar-refractivity contribution is 0.264. The zero-order valence-corrected chi connectivity index (χ0v) is 6.62. The SMILES string of the molecule is Cn1cncc1C(CO)N=[N+]=[N-]. The highest BCUT2D eigenvalue weighted by molar-refractivity contribution is 5.04. The van der Waals surface area contributed by atoms with E-state index in [2.05, 4.69) is 15.0 Å². The maximum atomic E-state index is 8.85. The summed E-state index contributed by atoms with van der Waals surface area (Å²) in [6.45, 7) is -0.205. The van der Waals surface area contributed by atoms with Crippen LogP contribution in [0, 0.1) is 0 Å². The van der Waals surface area contributed by atoms with Crippen LogP contribution in [0.4, 0.5) is 0 Å². The lowest BCUT2D eigenvalue weighted by Gasteiger charge is -2.06. The Morgan fingerprint density at radius 3 is 3.08 bits per heavy atom. The van der Waals surface area contributed by atoms with Crippen LogP contribution in [-0.4, -0.2) is 21.3 Å². The van der Waals surface area contributed by atoms with Gasteiger partial charge in [0.05, 0.1) is 12.9 Å². The molecule has 6 heteroatoms. The monoisotopic (exact) mass is 167 g/mol. The summed E-state index contributed by atoms with van der Waals surface area (Å²) in [6, 6.07) is -0.539. The lowest BCUT2D eigenvalue weighted by atomic mass is 10.2. The van der Waals surface area contributed by atoms with Gasteiger partial charge in [-0.05, 0) is 5.53 Å². The van der Waals surface area contributed by atoms with Gasteiger partial charge in [0.1, 0.15) is 6.04 Å². The van der Waals surface area contributed by atoms with Crippen molar-refractivity contribution in [3.05, 3.63) is 28.7 Å². The van der Waals surface area contributed by atoms with Gasteiger partial charge in [0.2, 0.25) is 0 Å². The van der Waals surface area contributed by atoms with Gasteiger partial charge < -0.3 is 9.67 Å². The van der Waals surface area contributed by atoms with Crippen molar-refractivity contribution in [3.63, 3.8) is 0 Å². The van der Waals surface area contributed by atoms with Crippen LogP contribution in [0.2, 0.25) is 0 Å². The first kappa shape index (κ1) is 8.58. The topological polar surface area (TPSA) is 86.8 Å². The minimum atomic E-state index is -0.539. The Kier molecular flexibility index (Phi) is 2.68. The quantitative estimate of drug-likeness (QED) is 0.409. The number of hydrogen-bond acceptors (Lipinski definition) is 3. The summed E-state index contributed by atoms with van der Waals surface area (Å²) in [5, 5.41) is 12.3. The number of aromatic nitrogens is 2. The van der Waals surface area contributed by atoms with Crippen LogP contribution in [0.3, 0.4) is 0 Å². The Bertz CT molecular complexity index is 301. The molecule has 0 amide bonds. The van der Waals surface area contributed by atoms with E-state index in [1.807, 2.05) is 0 Å². The zero-order chi connectivity index (χ0) is 8.97. The van der Waals surface area contributed by atoms with Crippen molar-refractivity contribution in [3.8, 4) is 0 Å². The molecule has 1 aromatic rings. The molecule has 0 aromatic carbocycles. The van der Waals surface area contributed by atoms with Gasteiger partial charge in [0.25, 0.3) is 0 Å². The summed E-state index contributed by atoms with van der Waals surface area (Å²) >= 11 is 0. The molecule has 64 valence electrons. The standard InChI is InChI=1S/C6H9N5O/c1-11-4-8-2-6(11)5(3-12)9-10-7/h2,4-5,12H,3H2,1H3. The number of nitrogens with zero attached hydrogens (tertiary/aromatic N) is 5. The van der Waals surface area contributed by atoms with Gasteiger partial charge in [-0.25, -0.2) is 4.98 Å². The maximum absolute atomic E-state index is 8.85. The smallest absolute Gasteiger partial charge is 0.102 e. The first-order valence-corrected chi connectivity index (χ1v) is 3.41. The highest BCUT2D eigenvalue weighted by Gasteiger charge is 2.10. The predicted molar refractivity (Wildman–Crippen MR) is 42.2 cm³/mol. The minimum Gasteiger partial charge on any atom is -0.396 e. The Morgan fingerprint density at radius 2 is 2.67 bits per heavy atom. The average molecular weight is 167 g/mol. The second kappa shape index (κ2) is 3.75. The van der Waals surface area contributed by atoms with Crippen molar-refractivity contribution in [1.82, 2.24) is 9.55 Å². The molecule has 0 radical (unpaired) electrons. The van der Waals surface area contributed by atoms with Crippen molar-refractivity contribution < 1.29 is 5.11 Å². The molecule has 1 rings (SSSR count). The van der Waals surface area contributed by atoms with Crippen LogP contribution in [0.25, 0.3) is 10.4 Å². The second-order valence-electron chi connectivity index (χ2n) is 2.33. The van der Waals surface area contributed by atoms with Crippen LogP contribution in [-0.2, 0) is 7.05 Å². The number of aliphatic hydroxyl groups excluding tert-OH is 1. The van der Waals surface area contributed by atoms with Gasteiger partial charge >= 0.3 is 0 Å². The minimum absolute atomic E-state index is 0.205. The Balaban J connectivity index is 2.93. The summed E-state index contributed by atoms with van der Waals surface area (Å²) < 4.78 is 1.70. The van der Waals surface area contributed by atoms with Gasteiger partial charge in [-0.15, -0.1) is 0 Å². The molecule has 0 spiro atoms. The molecule has 1 atom stereocenters. The van der Waals surface area contributed by atoms with Gasteiger partial charge in [-0.3, -0.25) is 0 Å². The van der Waals surface area contributed by atoms with Gasteiger partial charge in [0, 0.05) is 23.9 Å². The fourth-order valence-electron chi connectivity index (χ4n) is 0.940. The molecule has 0 aliphatic rings. The molecule has 0 aliphatic heterocycles. The fourth-order valence-corrected chi connectivity index (χ4v) is 0.940. The van der Waals surface area contributed by atoms with E-state index in [-0.39, 0.29) is 6.61 Å². The lowest BCUT2D eigenvalue weighted by Crippen LogP contribution is -2.05. The van der Waals surface area contributed by atoms with Gasteiger partial charge in [0.15, 0.2) is 0 Å². The Hall–Kier alpha value is -1.52. The van der Waals surface area contributed by atoms with Crippen molar-refractivity contribution in [2.24, 2.45) is 12.2 Å². The Morgan fingerprint density at radius 1 is 1.92 bits per heavy atom. The largest absolute Gasteiger partial charge is 0.396 e. The van der Waals surface area contributed by atoms with E-state index in [1.54, 1.807) is 24.1 Å². The Labute approximate surface area is 69.1 Å². The normalized spacial score (nSPS) is 12.2. The summed E-state index contributed by atoms with van der Waals surface area (Å²) in [7, 11) is 1.78. The van der Waals surface area contributed by atoms with Crippen molar-refractivity contribution in [2.75, 3.05) is 6.61 Å². The number of aliphatic hydroxyl groups is 1. The fraction of sp³-hybridized carbons (Fsp3) is 0.500. The summed E-state index contributed by atoms with van der Waals surface area (Å²) in [5.74, 6) is 0. The van der Waals surface area contributed by atoms with Crippen LogP contribution in [0.1, 0.15) is 11.7 Å². The number of hydrogen-bond donors (Lipinski definition) is 1. The van der Waals surface area contributed by atoms with E-state index >= 15 is 0 Å². The number of aryl methyl sites for hydroxylation is 1. The van der Waals surface area contributed by atoms with Crippen LogP contribution in [0.15, 0.2) is 17.6 Å². The predicted octanol–water partition coefficient (Wildman–Crippen LogP) is 0.764. The van der Waals surface area contributed by atoms with E-state index < -0.39 is 6.04 Å². The van der Waals surface area contributed by atoms with E-state index in [0.29, 0.717) is 5.69 Å². The molecular weight excluding hydrogens is 158 g/mol.